The molecule has 120 valence electrons. The summed E-state index contributed by atoms with van der Waals surface area (Å²) in [5, 5.41) is 3.42. The number of hydrogen-bond acceptors (Lipinski definition) is 4. The molecule has 0 atom stereocenters. The lowest BCUT2D eigenvalue weighted by Crippen LogP contribution is -2.21. The Bertz CT molecular complexity index is 727. The first-order valence-corrected chi connectivity index (χ1v) is 7.45. The first-order chi connectivity index (χ1) is 11.0. The van der Waals surface area contributed by atoms with Crippen LogP contribution in [0.5, 0.6) is 5.75 Å². The highest BCUT2D eigenvalue weighted by molar-refractivity contribution is 6.30. The fourth-order valence-electron chi connectivity index (χ4n) is 1.99. The zero-order chi connectivity index (χ0) is 16.8. The van der Waals surface area contributed by atoms with Crippen LogP contribution in [0.4, 0.5) is 5.69 Å². The van der Waals surface area contributed by atoms with Crippen molar-refractivity contribution in [1.82, 2.24) is 4.98 Å². The number of ether oxygens (including phenoxy) is 1. The molecule has 0 bridgehead atoms. The molecule has 1 aromatic heterocycles. The predicted molar refractivity (Wildman–Crippen MR) is 92.8 cm³/mol. The molecule has 0 spiro atoms. The summed E-state index contributed by atoms with van der Waals surface area (Å²) >= 11 is 5.80. The number of aromatic nitrogens is 1. The van der Waals surface area contributed by atoms with Crippen molar-refractivity contribution in [2.45, 2.75) is 13.8 Å². The second kappa shape index (κ2) is 7.74. The van der Waals surface area contributed by atoms with E-state index in [-0.39, 0.29) is 12.5 Å². The quantitative estimate of drug-likeness (QED) is 0.854. The van der Waals surface area contributed by atoms with Gasteiger partial charge in [0.1, 0.15) is 5.75 Å². The summed E-state index contributed by atoms with van der Waals surface area (Å²) in [5.41, 5.74) is 3.34. The first-order valence-electron chi connectivity index (χ1n) is 7.08. The number of carbonyl (C=O) groups excluding carboxylic acids is 1. The van der Waals surface area contributed by atoms with Crippen LogP contribution < -0.4 is 10.1 Å². The summed E-state index contributed by atoms with van der Waals surface area (Å²) < 4.78 is 5.42. The maximum absolute atomic E-state index is 12.1. The Morgan fingerprint density at radius 1 is 1.35 bits per heavy atom. The van der Waals surface area contributed by atoms with Crippen LogP contribution in [0.3, 0.4) is 0 Å². The average Bonchev–Trinajstić information content (AvgIpc) is 2.54. The third-order valence-corrected chi connectivity index (χ3v) is 3.59. The van der Waals surface area contributed by atoms with E-state index in [1.807, 2.05) is 13.8 Å². The number of hydrogen-bond donors (Lipinski definition) is 1. The predicted octanol–water partition coefficient (Wildman–Crippen LogP) is 3.42. The number of rotatable bonds is 5. The van der Waals surface area contributed by atoms with Crippen molar-refractivity contribution >= 4 is 29.4 Å². The van der Waals surface area contributed by atoms with Crippen LogP contribution in [-0.4, -0.2) is 30.8 Å². The van der Waals surface area contributed by atoms with Gasteiger partial charge in [0.15, 0.2) is 6.61 Å². The van der Waals surface area contributed by atoms with Crippen LogP contribution in [0.15, 0.2) is 35.5 Å². The van der Waals surface area contributed by atoms with Gasteiger partial charge in [-0.1, -0.05) is 11.6 Å². The topological polar surface area (TPSA) is 63.6 Å². The summed E-state index contributed by atoms with van der Waals surface area (Å²) in [6, 6.07) is 6.83. The van der Waals surface area contributed by atoms with Crippen LogP contribution in [0.25, 0.3) is 0 Å². The van der Waals surface area contributed by atoms with E-state index in [4.69, 9.17) is 16.3 Å². The van der Waals surface area contributed by atoms with Crippen LogP contribution in [-0.2, 0) is 4.79 Å². The van der Waals surface area contributed by atoms with Gasteiger partial charge in [-0.25, -0.2) is 0 Å². The molecule has 2 aromatic rings. The molecule has 0 aliphatic rings. The SMILES string of the molecule is CN=Cc1c(NC(=O)COc2ccc(Cl)cc2)cnc(C)c1C. The van der Waals surface area contributed by atoms with Gasteiger partial charge in [0.05, 0.1) is 11.9 Å². The second-order valence-corrected chi connectivity index (χ2v) is 5.41. The van der Waals surface area contributed by atoms with E-state index >= 15 is 0 Å². The molecule has 0 fully saturated rings. The fourth-order valence-corrected chi connectivity index (χ4v) is 2.11. The molecular formula is C17H18ClN3O2. The van der Waals surface area contributed by atoms with Gasteiger partial charge in [0.25, 0.3) is 5.91 Å². The van der Waals surface area contributed by atoms with Crippen molar-refractivity contribution in [2.24, 2.45) is 4.99 Å². The standard InChI is InChI=1S/C17H18ClN3O2/c1-11-12(2)20-9-16(15(11)8-19-3)21-17(22)10-23-14-6-4-13(18)5-7-14/h4-9H,10H2,1-3H3,(H,21,22). The van der Waals surface area contributed by atoms with Crippen molar-refractivity contribution < 1.29 is 9.53 Å². The Balaban J connectivity index is 2.05. The number of nitrogens with one attached hydrogen (secondary N) is 1. The number of halogens is 1. The molecule has 0 saturated heterocycles. The highest BCUT2D eigenvalue weighted by Crippen LogP contribution is 2.19. The van der Waals surface area contributed by atoms with E-state index in [1.165, 1.54) is 0 Å². The monoisotopic (exact) mass is 331 g/mol. The lowest BCUT2D eigenvalue weighted by molar-refractivity contribution is -0.118. The van der Waals surface area contributed by atoms with Crippen molar-refractivity contribution in [2.75, 3.05) is 19.0 Å². The van der Waals surface area contributed by atoms with Gasteiger partial charge in [-0.2, -0.15) is 0 Å². The van der Waals surface area contributed by atoms with Crippen LogP contribution in [0.1, 0.15) is 16.8 Å². The third kappa shape index (κ3) is 4.53. The van der Waals surface area contributed by atoms with Crippen molar-refractivity contribution in [1.29, 1.82) is 0 Å². The molecule has 0 radical (unpaired) electrons. The number of benzene rings is 1. The Kier molecular flexibility index (Phi) is 5.71. The van der Waals surface area contributed by atoms with Crippen molar-refractivity contribution in [3.63, 3.8) is 0 Å². The smallest absolute Gasteiger partial charge is 0.262 e. The molecule has 0 saturated carbocycles. The van der Waals surface area contributed by atoms with E-state index in [0.717, 1.165) is 16.8 Å². The maximum atomic E-state index is 12.1. The van der Waals surface area contributed by atoms with E-state index in [9.17, 15) is 4.79 Å². The highest BCUT2D eigenvalue weighted by atomic mass is 35.5. The molecule has 1 N–H and O–H groups in total. The average molecular weight is 332 g/mol. The lowest BCUT2D eigenvalue weighted by Gasteiger charge is -2.12. The molecule has 0 unspecified atom stereocenters. The van der Waals surface area contributed by atoms with Crippen LogP contribution in [0, 0.1) is 13.8 Å². The number of anilines is 1. The van der Waals surface area contributed by atoms with Gasteiger partial charge in [0, 0.05) is 29.5 Å². The summed E-state index contributed by atoms with van der Waals surface area (Å²) in [6.07, 6.45) is 3.33. The van der Waals surface area contributed by atoms with Crippen LogP contribution in [0.2, 0.25) is 5.02 Å². The second-order valence-electron chi connectivity index (χ2n) is 4.97. The minimum Gasteiger partial charge on any atom is -0.484 e. The summed E-state index contributed by atoms with van der Waals surface area (Å²) in [4.78, 5) is 20.4. The minimum absolute atomic E-state index is 0.0999. The summed E-state index contributed by atoms with van der Waals surface area (Å²) in [7, 11) is 1.68. The molecule has 0 aliphatic carbocycles. The molecule has 0 aliphatic heterocycles. The molecule has 1 amide bonds. The Morgan fingerprint density at radius 2 is 2.04 bits per heavy atom. The molecule has 1 heterocycles. The zero-order valence-electron chi connectivity index (χ0n) is 13.3. The molecule has 6 heteroatoms. The van der Waals surface area contributed by atoms with Gasteiger partial charge in [0.2, 0.25) is 0 Å². The van der Waals surface area contributed by atoms with Gasteiger partial charge in [-0.15, -0.1) is 0 Å². The van der Waals surface area contributed by atoms with Crippen molar-refractivity contribution in [3.8, 4) is 5.75 Å². The lowest BCUT2D eigenvalue weighted by atomic mass is 10.1. The number of aryl methyl sites for hydroxylation is 1. The summed E-state index contributed by atoms with van der Waals surface area (Å²) in [5.74, 6) is 0.314. The third-order valence-electron chi connectivity index (χ3n) is 3.34. The maximum Gasteiger partial charge on any atom is 0.262 e. The molecule has 5 nitrogen and oxygen atoms in total. The molecule has 2 rings (SSSR count). The molecule has 23 heavy (non-hydrogen) atoms. The zero-order valence-corrected chi connectivity index (χ0v) is 14.0. The largest absolute Gasteiger partial charge is 0.484 e. The van der Waals surface area contributed by atoms with Crippen LogP contribution >= 0.6 is 11.6 Å². The van der Waals surface area contributed by atoms with Gasteiger partial charge < -0.3 is 10.1 Å². The van der Waals surface area contributed by atoms with E-state index in [0.29, 0.717) is 16.5 Å². The number of amides is 1. The van der Waals surface area contributed by atoms with Crippen molar-refractivity contribution in [3.05, 3.63) is 52.3 Å². The number of nitrogens with zero attached hydrogens (tertiary/aromatic N) is 2. The Labute approximate surface area is 140 Å². The normalized spacial score (nSPS) is 10.8. The minimum atomic E-state index is -0.268. The van der Waals surface area contributed by atoms with E-state index in [2.05, 4.69) is 15.3 Å². The van der Waals surface area contributed by atoms with Gasteiger partial charge in [-0.05, 0) is 43.7 Å². The van der Waals surface area contributed by atoms with Gasteiger partial charge >= 0.3 is 0 Å². The van der Waals surface area contributed by atoms with Gasteiger partial charge in [-0.3, -0.25) is 14.8 Å². The Hall–Kier alpha value is -2.40. The molecular weight excluding hydrogens is 314 g/mol. The summed E-state index contributed by atoms with van der Waals surface area (Å²) in [6.45, 7) is 3.76. The van der Waals surface area contributed by atoms with E-state index in [1.54, 1.807) is 43.7 Å². The molecule has 1 aromatic carbocycles. The first kappa shape index (κ1) is 17.0. The number of pyridine rings is 1. The number of aliphatic imine (C=N–C) groups is 1. The number of carbonyl (C=O) groups is 1. The highest BCUT2D eigenvalue weighted by Gasteiger charge is 2.11. The van der Waals surface area contributed by atoms with E-state index < -0.39 is 0 Å². The Morgan fingerprint density at radius 3 is 2.70 bits per heavy atom. The fraction of sp³-hybridized carbons (Fsp3) is 0.235.